The Labute approximate surface area is 61.2 Å². The Morgan fingerprint density at radius 2 is 1.70 bits per heavy atom. The van der Waals surface area contributed by atoms with Gasteiger partial charge in [0.15, 0.2) is 5.79 Å². The predicted molar refractivity (Wildman–Crippen MR) is 36.0 cm³/mol. The van der Waals surface area contributed by atoms with Gasteiger partial charge in [0.2, 0.25) is 5.79 Å². The summed E-state index contributed by atoms with van der Waals surface area (Å²) < 4.78 is 5.44. The zero-order valence-electron chi connectivity index (χ0n) is 6.93. The van der Waals surface area contributed by atoms with E-state index in [1.165, 1.54) is 0 Å². The van der Waals surface area contributed by atoms with Crippen molar-refractivity contribution in [1.29, 1.82) is 0 Å². The molecule has 0 aromatic heterocycles. The van der Waals surface area contributed by atoms with Gasteiger partial charge in [0.25, 0.3) is 0 Å². The lowest BCUT2D eigenvalue weighted by atomic mass is 10.2. The van der Waals surface area contributed by atoms with Crippen LogP contribution in [0.3, 0.4) is 0 Å². The van der Waals surface area contributed by atoms with Crippen molar-refractivity contribution in [2.75, 3.05) is 0 Å². The third-order valence-electron chi connectivity index (χ3n) is 1.52. The monoisotopic (exact) mass is 146 g/mol. The summed E-state index contributed by atoms with van der Waals surface area (Å²) in [7, 11) is 0. The van der Waals surface area contributed by atoms with Crippen LogP contribution >= 0.6 is 0 Å². The van der Waals surface area contributed by atoms with Crippen molar-refractivity contribution in [2.45, 2.75) is 45.7 Å². The van der Waals surface area contributed by atoms with Crippen molar-refractivity contribution in [3.8, 4) is 0 Å². The van der Waals surface area contributed by atoms with E-state index in [4.69, 9.17) is 14.5 Å². The minimum atomic E-state index is -0.592. The van der Waals surface area contributed by atoms with E-state index in [1.807, 2.05) is 27.7 Å². The normalized spacial score (nSPS) is 38.4. The zero-order chi connectivity index (χ0) is 7.83. The van der Waals surface area contributed by atoms with Crippen LogP contribution in [0.4, 0.5) is 0 Å². The lowest BCUT2D eigenvalue weighted by Crippen LogP contribution is -2.29. The first-order valence-electron chi connectivity index (χ1n) is 3.54. The van der Waals surface area contributed by atoms with Gasteiger partial charge >= 0.3 is 0 Å². The number of ether oxygens (including phenoxy) is 1. The average molecular weight is 146 g/mol. The molecule has 1 aliphatic rings. The summed E-state index contributed by atoms with van der Waals surface area (Å²) in [5.74, 6) is -1.14. The Kier molecular flexibility index (Phi) is 1.75. The summed E-state index contributed by atoms with van der Waals surface area (Å²) in [6.07, 6.45) is 0.788. The fourth-order valence-corrected chi connectivity index (χ4v) is 0.874. The fourth-order valence-electron chi connectivity index (χ4n) is 0.874. The molecular weight excluding hydrogens is 132 g/mol. The van der Waals surface area contributed by atoms with Crippen molar-refractivity contribution in [2.24, 2.45) is 0 Å². The van der Waals surface area contributed by atoms with Crippen molar-refractivity contribution < 1.29 is 14.5 Å². The number of rotatable bonds is 1. The van der Waals surface area contributed by atoms with Crippen LogP contribution in [-0.2, 0) is 14.5 Å². The SMILES string of the molecule is CCC1(C)OOC(C)(C)O1. The van der Waals surface area contributed by atoms with Gasteiger partial charge in [-0.15, -0.1) is 0 Å². The van der Waals surface area contributed by atoms with Crippen molar-refractivity contribution in [3.63, 3.8) is 0 Å². The van der Waals surface area contributed by atoms with Gasteiger partial charge in [0.1, 0.15) is 0 Å². The molecule has 60 valence electrons. The molecule has 3 nitrogen and oxygen atoms in total. The predicted octanol–water partition coefficient (Wildman–Crippen LogP) is 1.83. The van der Waals surface area contributed by atoms with Crippen LogP contribution < -0.4 is 0 Å². The summed E-state index contributed by atoms with van der Waals surface area (Å²) in [6.45, 7) is 7.51. The second-order valence-electron chi connectivity index (χ2n) is 3.16. The van der Waals surface area contributed by atoms with Crippen LogP contribution in [-0.4, -0.2) is 11.6 Å². The molecule has 1 heterocycles. The maximum Gasteiger partial charge on any atom is 0.201 e. The maximum absolute atomic E-state index is 5.44. The number of hydrogen-bond donors (Lipinski definition) is 0. The van der Waals surface area contributed by atoms with Gasteiger partial charge in [-0.05, 0) is 20.8 Å². The quantitative estimate of drug-likeness (QED) is 0.528. The van der Waals surface area contributed by atoms with Crippen molar-refractivity contribution in [1.82, 2.24) is 0 Å². The first-order valence-corrected chi connectivity index (χ1v) is 3.54. The van der Waals surface area contributed by atoms with E-state index in [0.717, 1.165) is 6.42 Å². The molecule has 0 radical (unpaired) electrons. The first-order chi connectivity index (χ1) is 4.47. The Bertz CT molecular complexity index is 133. The highest BCUT2D eigenvalue weighted by Crippen LogP contribution is 2.33. The maximum atomic E-state index is 5.44. The molecule has 0 bridgehead atoms. The van der Waals surface area contributed by atoms with E-state index in [1.54, 1.807) is 0 Å². The molecule has 0 aromatic rings. The molecule has 0 spiro atoms. The van der Waals surface area contributed by atoms with Gasteiger partial charge in [-0.3, -0.25) is 0 Å². The molecule has 1 fully saturated rings. The minimum Gasteiger partial charge on any atom is -0.313 e. The van der Waals surface area contributed by atoms with Gasteiger partial charge in [-0.2, -0.15) is 9.78 Å². The molecule has 0 aliphatic carbocycles. The summed E-state index contributed by atoms with van der Waals surface area (Å²) >= 11 is 0. The van der Waals surface area contributed by atoms with Gasteiger partial charge in [-0.1, -0.05) is 6.92 Å². The summed E-state index contributed by atoms with van der Waals surface area (Å²) in [4.78, 5) is 9.91. The molecule has 1 saturated heterocycles. The smallest absolute Gasteiger partial charge is 0.201 e. The molecule has 0 N–H and O–H groups in total. The summed E-state index contributed by atoms with van der Waals surface area (Å²) in [5, 5.41) is 0. The Morgan fingerprint density at radius 3 is 1.90 bits per heavy atom. The molecule has 3 heteroatoms. The molecule has 1 aliphatic heterocycles. The van der Waals surface area contributed by atoms with Crippen molar-refractivity contribution in [3.05, 3.63) is 0 Å². The topological polar surface area (TPSA) is 27.7 Å². The van der Waals surface area contributed by atoms with E-state index in [-0.39, 0.29) is 0 Å². The van der Waals surface area contributed by atoms with E-state index < -0.39 is 11.6 Å². The van der Waals surface area contributed by atoms with Gasteiger partial charge in [0.05, 0.1) is 0 Å². The molecule has 1 rings (SSSR count). The molecular formula is C7H14O3. The van der Waals surface area contributed by atoms with Crippen LogP contribution in [0.2, 0.25) is 0 Å². The second kappa shape index (κ2) is 2.19. The molecule has 10 heavy (non-hydrogen) atoms. The lowest BCUT2D eigenvalue weighted by Gasteiger charge is -2.19. The third-order valence-corrected chi connectivity index (χ3v) is 1.52. The van der Waals surface area contributed by atoms with Crippen LogP contribution in [0, 0.1) is 0 Å². The first kappa shape index (κ1) is 7.98. The van der Waals surface area contributed by atoms with Crippen LogP contribution in [0.5, 0.6) is 0 Å². The van der Waals surface area contributed by atoms with E-state index in [2.05, 4.69) is 0 Å². The molecule has 0 aromatic carbocycles. The van der Waals surface area contributed by atoms with E-state index in [0.29, 0.717) is 0 Å². The largest absolute Gasteiger partial charge is 0.313 e. The Balaban J connectivity index is 2.57. The average Bonchev–Trinajstić information content (AvgIpc) is 2.08. The highest BCUT2D eigenvalue weighted by molar-refractivity contribution is 4.67. The zero-order valence-corrected chi connectivity index (χ0v) is 6.93. The highest BCUT2D eigenvalue weighted by atomic mass is 17.3. The van der Waals surface area contributed by atoms with E-state index >= 15 is 0 Å². The number of hydrogen-bond acceptors (Lipinski definition) is 3. The highest BCUT2D eigenvalue weighted by Gasteiger charge is 2.42. The second-order valence-corrected chi connectivity index (χ2v) is 3.16. The Hall–Kier alpha value is -0.120. The van der Waals surface area contributed by atoms with Gasteiger partial charge in [-0.25, -0.2) is 0 Å². The van der Waals surface area contributed by atoms with Crippen LogP contribution in [0.15, 0.2) is 0 Å². The van der Waals surface area contributed by atoms with Crippen LogP contribution in [0.1, 0.15) is 34.1 Å². The van der Waals surface area contributed by atoms with E-state index in [9.17, 15) is 0 Å². The third kappa shape index (κ3) is 1.48. The molecule has 0 saturated carbocycles. The van der Waals surface area contributed by atoms with Gasteiger partial charge < -0.3 is 4.74 Å². The molecule has 1 atom stereocenters. The minimum absolute atomic E-state index is 0.552. The Morgan fingerprint density at radius 1 is 1.10 bits per heavy atom. The van der Waals surface area contributed by atoms with Crippen LogP contribution in [0.25, 0.3) is 0 Å². The standard InChI is InChI=1S/C7H14O3/c1-5-7(4)8-6(2,3)9-10-7/h5H2,1-4H3. The summed E-state index contributed by atoms with van der Waals surface area (Å²) in [5.41, 5.74) is 0. The fraction of sp³-hybridized carbons (Fsp3) is 1.00. The molecule has 1 unspecified atom stereocenters. The van der Waals surface area contributed by atoms with Gasteiger partial charge in [0, 0.05) is 6.42 Å². The van der Waals surface area contributed by atoms with Crippen molar-refractivity contribution >= 4 is 0 Å². The summed E-state index contributed by atoms with van der Waals surface area (Å²) in [6, 6.07) is 0. The molecule has 0 amide bonds. The lowest BCUT2D eigenvalue weighted by molar-refractivity contribution is -0.341.